The first-order valence-corrected chi connectivity index (χ1v) is 10.4. The van der Waals surface area contributed by atoms with Crippen LogP contribution in [0, 0.1) is 11.3 Å². The Bertz CT molecular complexity index is 1080. The third-order valence-corrected chi connectivity index (χ3v) is 5.03. The Balaban J connectivity index is 2.08. The molecule has 1 heterocycles. The van der Waals surface area contributed by atoms with E-state index in [2.05, 4.69) is 21.4 Å². The molecule has 0 amide bonds. The fraction of sp³-hybridized carbons (Fsp3) is 0.227. The van der Waals surface area contributed by atoms with E-state index in [1.165, 1.54) is 11.8 Å². The van der Waals surface area contributed by atoms with E-state index in [9.17, 15) is 5.26 Å². The van der Waals surface area contributed by atoms with Crippen molar-refractivity contribution in [2.24, 2.45) is 0 Å². The number of ether oxygens (including phenoxy) is 2. The van der Waals surface area contributed by atoms with Crippen molar-refractivity contribution >= 4 is 29.0 Å². The van der Waals surface area contributed by atoms with E-state index in [0.29, 0.717) is 33.7 Å². The van der Waals surface area contributed by atoms with Crippen LogP contribution in [0.15, 0.2) is 47.6 Å². The van der Waals surface area contributed by atoms with Crippen LogP contribution in [0.5, 0.6) is 11.5 Å². The molecule has 1 aromatic heterocycles. The molecule has 7 nitrogen and oxygen atoms in total. The average Bonchev–Trinajstić information content (AvgIpc) is 2.78. The highest BCUT2D eigenvalue weighted by Crippen LogP contribution is 2.35. The second-order valence-corrected chi connectivity index (χ2v) is 7.30. The van der Waals surface area contributed by atoms with Gasteiger partial charge >= 0.3 is 0 Å². The summed E-state index contributed by atoms with van der Waals surface area (Å²) in [6.45, 7) is 0. The second-order valence-electron chi connectivity index (χ2n) is 6.53. The van der Waals surface area contributed by atoms with Crippen LogP contribution in [0.1, 0.15) is 5.56 Å². The van der Waals surface area contributed by atoms with Crippen LogP contribution >= 0.6 is 11.8 Å². The summed E-state index contributed by atoms with van der Waals surface area (Å²) in [5.41, 5.74) is 3.55. The van der Waals surface area contributed by atoms with Crippen molar-refractivity contribution in [3.05, 3.63) is 48.0 Å². The second kappa shape index (κ2) is 9.37. The van der Waals surface area contributed by atoms with Crippen molar-refractivity contribution in [1.29, 1.82) is 5.26 Å². The molecule has 0 radical (unpaired) electrons. The van der Waals surface area contributed by atoms with Crippen LogP contribution in [-0.2, 0) is 0 Å². The minimum Gasteiger partial charge on any atom is -0.493 e. The Morgan fingerprint density at radius 3 is 2.27 bits per heavy atom. The number of nitrogens with one attached hydrogen (secondary N) is 1. The summed E-state index contributed by atoms with van der Waals surface area (Å²) in [7, 11) is 7.13. The van der Waals surface area contributed by atoms with E-state index in [1.54, 1.807) is 20.3 Å². The summed E-state index contributed by atoms with van der Waals surface area (Å²) in [5.74, 6) is 1.63. The lowest BCUT2D eigenvalue weighted by molar-refractivity contribution is 0.355. The molecule has 3 aromatic rings. The first-order valence-electron chi connectivity index (χ1n) is 9.13. The zero-order chi connectivity index (χ0) is 21.7. The molecule has 0 unspecified atom stereocenters. The number of hydrogen-bond acceptors (Lipinski definition) is 8. The fourth-order valence-electron chi connectivity index (χ4n) is 2.90. The Kier molecular flexibility index (Phi) is 6.65. The largest absolute Gasteiger partial charge is 0.493 e. The number of rotatable bonds is 7. The Morgan fingerprint density at radius 2 is 1.70 bits per heavy atom. The molecular formula is C22H23N5O2S. The number of aromatic nitrogens is 2. The number of benzene rings is 2. The summed E-state index contributed by atoms with van der Waals surface area (Å²) in [6, 6.07) is 15.6. The van der Waals surface area contributed by atoms with Gasteiger partial charge in [-0.05, 0) is 48.7 Å². The topological polar surface area (TPSA) is 83.3 Å². The van der Waals surface area contributed by atoms with Crippen molar-refractivity contribution in [2.75, 3.05) is 44.8 Å². The smallest absolute Gasteiger partial charge is 0.189 e. The van der Waals surface area contributed by atoms with Crippen molar-refractivity contribution in [2.45, 2.75) is 5.16 Å². The summed E-state index contributed by atoms with van der Waals surface area (Å²) < 4.78 is 10.7. The standard InChI is InChI=1S/C22H23N5O2S/c1-27(2)16-9-7-15(8-10-16)24-21-17(13-23)20(25-22(26-21)30-5)14-6-11-18(28-3)19(12-14)29-4/h6-12H,1-5H3,(H,24,25,26). The van der Waals surface area contributed by atoms with E-state index in [0.717, 1.165) is 16.9 Å². The Morgan fingerprint density at radius 1 is 1.00 bits per heavy atom. The normalized spacial score (nSPS) is 10.3. The molecule has 8 heteroatoms. The van der Waals surface area contributed by atoms with Crippen molar-refractivity contribution in [3.63, 3.8) is 0 Å². The summed E-state index contributed by atoms with van der Waals surface area (Å²) in [5, 5.41) is 13.7. The summed E-state index contributed by atoms with van der Waals surface area (Å²) in [6.07, 6.45) is 1.90. The van der Waals surface area contributed by atoms with Gasteiger partial charge < -0.3 is 19.7 Å². The maximum Gasteiger partial charge on any atom is 0.189 e. The zero-order valence-corrected chi connectivity index (χ0v) is 18.4. The minimum atomic E-state index is 0.358. The maximum atomic E-state index is 9.91. The highest BCUT2D eigenvalue weighted by atomic mass is 32.2. The maximum absolute atomic E-state index is 9.91. The number of nitriles is 1. The number of nitrogens with zero attached hydrogens (tertiary/aromatic N) is 4. The molecule has 0 aliphatic rings. The number of thioether (sulfide) groups is 1. The molecule has 0 spiro atoms. The molecule has 0 aliphatic heterocycles. The molecule has 0 saturated carbocycles. The lowest BCUT2D eigenvalue weighted by atomic mass is 10.1. The van der Waals surface area contributed by atoms with Gasteiger partial charge in [-0.3, -0.25) is 0 Å². The first-order chi connectivity index (χ1) is 14.5. The lowest BCUT2D eigenvalue weighted by Gasteiger charge is -2.15. The van der Waals surface area contributed by atoms with E-state index < -0.39 is 0 Å². The van der Waals surface area contributed by atoms with Gasteiger partial charge in [0.2, 0.25) is 0 Å². The molecule has 0 saturated heterocycles. The molecule has 0 atom stereocenters. The quantitative estimate of drug-likeness (QED) is 0.439. The molecule has 0 fully saturated rings. The van der Waals surface area contributed by atoms with Crippen molar-refractivity contribution in [3.8, 4) is 28.8 Å². The molecular weight excluding hydrogens is 398 g/mol. The third-order valence-electron chi connectivity index (χ3n) is 4.49. The van der Waals surface area contributed by atoms with Crippen LogP contribution in [0.2, 0.25) is 0 Å². The van der Waals surface area contributed by atoms with E-state index in [-0.39, 0.29) is 0 Å². The van der Waals surface area contributed by atoms with Gasteiger partial charge in [0.05, 0.1) is 19.9 Å². The minimum absolute atomic E-state index is 0.358. The average molecular weight is 422 g/mol. The van der Waals surface area contributed by atoms with Gasteiger partial charge in [-0.25, -0.2) is 9.97 Å². The van der Waals surface area contributed by atoms with E-state index in [1.807, 2.05) is 61.6 Å². The van der Waals surface area contributed by atoms with Crippen LogP contribution in [0.3, 0.4) is 0 Å². The molecule has 3 rings (SSSR count). The Hall–Kier alpha value is -3.44. The highest BCUT2D eigenvalue weighted by molar-refractivity contribution is 7.98. The molecule has 154 valence electrons. The monoisotopic (exact) mass is 421 g/mol. The van der Waals surface area contributed by atoms with Gasteiger partial charge in [0.25, 0.3) is 0 Å². The first kappa shape index (κ1) is 21.3. The molecule has 0 bridgehead atoms. The van der Waals surface area contributed by atoms with Gasteiger partial charge in [-0.1, -0.05) is 11.8 Å². The lowest BCUT2D eigenvalue weighted by Crippen LogP contribution is -2.08. The van der Waals surface area contributed by atoms with Gasteiger partial charge in [-0.2, -0.15) is 5.26 Å². The van der Waals surface area contributed by atoms with Gasteiger partial charge in [0, 0.05) is 31.0 Å². The van der Waals surface area contributed by atoms with E-state index in [4.69, 9.17) is 9.47 Å². The van der Waals surface area contributed by atoms with Crippen LogP contribution in [0.4, 0.5) is 17.2 Å². The van der Waals surface area contributed by atoms with Crippen LogP contribution in [-0.4, -0.2) is 44.5 Å². The fourth-order valence-corrected chi connectivity index (χ4v) is 3.27. The number of anilines is 3. The predicted octanol–water partition coefficient (Wildman–Crippen LogP) is 4.56. The van der Waals surface area contributed by atoms with Gasteiger partial charge in [-0.15, -0.1) is 0 Å². The Labute approximate surface area is 180 Å². The molecule has 1 N–H and O–H groups in total. The predicted molar refractivity (Wildman–Crippen MR) is 121 cm³/mol. The molecule has 2 aromatic carbocycles. The van der Waals surface area contributed by atoms with Gasteiger partial charge in [0.1, 0.15) is 11.6 Å². The van der Waals surface area contributed by atoms with E-state index >= 15 is 0 Å². The van der Waals surface area contributed by atoms with Crippen LogP contribution < -0.4 is 19.7 Å². The molecule has 30 heavy (non-hydrogen) atoms. The third kappa shape index (κ3) is 4.42. The van der Waals surface area contributed by atoms with Gasteiger partial charge in [0.15, 0.2) is 22.5 Å². The van der Waals surface area contributed by atoms with Crippen molar-refractivity contribution < 1.29 is 9.47 Å². The van der Waals surface area contributed by atoms with Crippen LogP contribution in [0.25, 0.3) is 11.3 Å². The summed E-state index contributed by atoms with van der Waals surface area (Å²) >= 11 is 1.41. The zero-order valence-electron chi connectivity index (χ0n) is 17.6. The summed E-state index contributed by atoms with van der Waals surface area (Å²) in [4.78, 5) is 11.1. The number of hydrogen-bond donors (Lipinski definition) is 1. The molecule has 0 aliphatic carbocycles. The van der Waals surface area contributed by atoms with Crippen molar-refractivity contribution in [1.82, 2.24) is 9.97 Å². The number of methoxy groups -OCH3 is 2. The SMILES string of the molecule is COc1ccc(-c2nc(SC)nc(Nc3ccc(N(C)C)cc3)c2C#N)cc1OC. The highest BCUT2D eigenvalue weighted by Gasteiger charge is 2.18.